The van der Waals surface area contributed by atoms with E-state index in [9.17, 15) is 4.79 Å². The van der Waals surface area contributed by atoms with E-state index < -0.39 is 0 Å². The molecule has 0 spiro atoms. The average molecular weight is 319 g/mol. The Morgan fingerprint density at radius 1 is 1.29 bits per heavy atom. The first-order chi connectivity index (χ1) is 11.7. The minimum absolute atomic E-state index is 0.0560. The molecule has 2 rings (SSSR count). The molecular weight excluding hydrogens is 298 g/mol. The van der Waals surface area contributed by atoms with Gasteiger partial charge in [0, 0.05) is 19.3 Å². The van der Waals surface area contributed by atoms with Crippen LogP contribution in [0.1, 0.15) is 42.6 Å². The van der Waals surface area contributed by atoms with Crippen LogP contribution in [0.2, 0.25) is 0 Å². The van der Waals surface area contributed by atoms with E-state index in [1.165, 1.54) is 6.08 Å². The summed E-state index contributed by atoms with van der Waals surface area (Å²) in [7, 11) is 1.79. The highest BCUT2D eigenvalue weighted by atomic mass is 16.2. The first-order valence-corrected chi connectivity index (χ1v) is 8.02. The van der Waals surface area contributed by atoms with Gasteiger partial charge in [-0.3, -0.25) is 9.78 Å². The Hall–Kier alpha value is -2.93. The molecule has 0 saturated carbocycles. The maximum atomic E-state index is 12.5. The third-order valence-electron chi connectivity index (χ3n) is 3.89. The van der Waals surface area contributed by atoms with Gasteiger partial charge >= 0.3 is 0 Å². The minimum atomic E-state index is -0.105. The lowest BCUT2D eigenvalue weighted by molar-refractivity contribution is -0.127. The Bertz CT molecular complexity index is 747. The van der Waals surface area contributed by atoms with E-state index in [4.69, 9.17) is 5.26 Å². The van der Waals surface area contributed by atoms with Gasteiger partial charge in [-0.15, -0.1) is 0 Å². The molecule has 0 bridgehead atoms. The normalized spacial score (nSPS) is 11.9. The van der Waals surface area contributed by atoms with Crippen LogP contribution in [0.4, 0.5) is 0 Å². The van der Waals surface area contributed by atoms with Crippen LogP contribution in [0.5, 0.6) is 0 Å². The molecule has 0 fully saturated rings. The Balaban J connectivity index is 2.18. The number of amides is 1. The van der Waals surface area contributed by atoms with Crippen LogP contribution < -0.4 is 0 Å². The lowest BCUT2D eigenvalue weighted by atomic mass is 10.1. The minimum Gasteiger partial charge on any atom is -0.334 e. The molecule has 0 aliphatic rings. The summed E-state index contributed by atoms with van der Waals surface area (Å²) in [6.45, 7) is 2.09. The number of nitrogens with zero attached hydrogens (tertiary/aromatic N) is 3. The van der Waals surface area contributed by atoms with Gasteiger partial charge in [-0.2, -0.15) is 5.26 Å². The zero-order chi connectivity index (χ0) is 17.4. The van der Waals surface area contributed by atoms with Crippen molar-refractivity contribution < 1.29 is 4.79 Å². The fourth-order valence-electron chi connectivity index (χ4n) is 2.56. The van der Waals surface area contributed by atoms with Crippen LogP contribution in [0.15, 0.2) is 54.7 Å². The van der Waals surface area contributed by atoms with Gasteiger partial charge in [-0.1, -0.05) is 37.6 Å². The van der Waals surface area contributed by atoms with Crippen LogP contribution in [0, 0.1) is 11.3 Å². The summed E-state index contributed by atoms with van der Waals surface area (Å²) in [5.41, 5.74) is 2.19. The summed E-state index contributed by atoms with van der Waals surface area (Å²) < 4.78 is 0. The fraction of sp³-hybridized carbons (Fsp3) is 0.250. The van der Waals surface area contributed by atoms with E-state index in [2.05, 4.69) is 18.0 Å². The highest BCUT2D eigenvalue weighted by molar-refractivity contribution is 5.92. The molecule has 1 atom stereocenters. The second-order valence-electron chi connectivity index (χ2n) is 5.54. The van der Waals surface area contributed by atoms with E-state index in [1.807, 2.05) is 36.4 Å². The van der Waals surface area contributed by atoms with Crippen molar-refractivity contribution in [2.24, 2.45) is 0 Å². The molecule has 24 heavy (non-hydrogen) atoms. The highest BCUT2D eigenvalue weighted by Crippen LogP contribution is 2.23. The summed E-state index contributed by atoms with van der Waals surface area (Å²) in [4.78, 5) is 18.6. The third kappa shape index (κ3) is 4.30. The molecule has 0 radical (unpaired) electrons. The van der Waals surface area contributed by atoms with Crippen molar-refractivity contribution in [1.82, 2.24) is 9.88 Å². The number of carbonyl (C=O) groups is 1. The van der Waals surface area contributed by atoms with Gasteiger partial charge < -0.3 is 4.90 Å². The number of rotatable bonds is 6. The van der Waals surface area contributed by atoms with Crippen LogP contribution in [0.25, 0.3) is 6.08 Å². The smallest absolute Gasteiger partial charge is 0.246 e. The maximum Gasteiger partial charge on any atom is 0.246 e. The molecule has 1 aromatic carbocycles. The molecule has 1 heterocycles. The van der Waals surface area contributed by atoms with Gasteiger partial charge in [-0.25, -0.2) is 0 Å². The third-order valence-corrected chi connectivity index (χ3v) is 3.89. The lowest BCUT2D eigenvalue weighted by Crippen LogP contribution is -2.30. The lowest BCUT2D eigenvalue weighted by Gasteiger charge is -2.26. The molecule has 4 nitrogen and oxygen atoms in total. The molecule has 0 aliphatic carbocycles. The Morgan fingerprint density at radius 2 is 2.04 bits per heavy atom. The van der Waals surface area contributed by atoms with E-state index in [0.717, 1.165) is 24.1 Å². The van der Waals surface area contributed by atoms with Gasteiger partial charge in [0.2, 0.25) is 5.91 Å². The number of hydrogen-bond acceptors (Lipinski definition) is 3. The predicted octanol–water partition coefficient (Wildman–Crippen LogP) is 3.97. The summed E-state index contributed by atoms with van der Waals surface area (Å²) in [5, 5.41) is 9.11. The second kappa shape index (κ2) is 8.64. The van der Waals surface area contributed by atoms with Crippen molar-refractivity contribution in [2.45, 2.75) is 25.8 Å². The van der Waals surface area contributed by atoms with Crippen molar-refractivity contribution in [3.8, 4) is 6.07 Å². The number of benzene rings is 1. The van der Waals surface area contributed by atoms with E-state index in [0.29, 0.717) is 5.56 Å². The van der Waals surface area contributed by atoms with Gasteiger partial charge in [0.1, 0.15) is 0 Å². The Kier molecular flexibility index (Phi) is 6.27. The van der Waals surface area contributed by atoms with Crippen molar-refractivity contribution in [3.63, 3.8) is 0 Å². The number of nitriles is 1. The van der Waals surface area contributed by atoms with Crippen LogP contribution >= 0.6 is 0 Å². The van der Waals surface area contributed by atoms with Gasteiger partial charge in [0.15, 0.2) is 0 Å². The summed E-state index contributed by atoms with van der Waals surface area (Å²) >= 11 is 0. The molecule has 4 heteroatoms. The molecule has 2 aromatic rings. The number of carbonyl (C=O) groups excluding carboxylic acids is 1. The zero-order valence-electron chi connectivity index (χ0n) is 14.0. The summed E-state index contributed by atoms with van der Waals surface area (Å²) in [5.74, 6) is -0.105. The predicted molar refractivity (Wildman–Crippen MR) is 94.8 cm³/mol. The fourth-order valence-corrected chi connectivity index (χ4v) is 2.56. The van der Waals surface area contributed by atoms with Gasteiger partial charge in [0.05, 0.1) is 23.4 Å². The molecule has 122 valence electrons. The maximum absolute atomic E-state index is 12.5. The molecule has 1 aromatic heterocycles. The van der Waals surface area contributed by atoms with Crippen molar-refractivity contribution in [1.29, 1.82) is 5.26 Å². The SMILES string of the molecule is CCC[C@H](c1ccccn1)N(C)C(=O)/C=C\c1ccccc1C#N. The molecule has 0 unspecified atom stereocenters. The number of pyridine rings is 1. The number of aromatic nitrogens is 1. The van der Waals surface area contributed by atoms with E-state index in [1.54, 1.807) is 30.3 Å². The van der Waals surface area contributed by atoms with Crippen molar-refractivity contribution >= 4 is 12.0 Å². The quantitative estimate of drug-likeness (QED) is 0.757. The standard InChI is InChI=1S/C20H21N3O/c1-3-8-19(18-11-6-7-14-22-18)23(2)20(24)13-12-16-9-4-5-10-17(16)15-21/h4-7,9-14,19H,3,8H2,1-2H3/b13-12-/t19-/m1/s1. The van der Waals surface area contributed by atoms with Gasteiger partial charge in [-0.05, 0) is 36.3 Å². The van der Waals surface area contributed by atoms with E-state index >= 15 is 0 Å². The van der Waals surface area contributed by atoms with Crippen LogP contribution in [-0.2, 0) is 4.79 Å². The Labute approximate surface area is 143 Å². The Morgan fingerprint density at radius 3 is 2.71 bits per heavy atom. The summed E-state index contributed by atoms with van der Waals surface area (Å²) in [6, 6.07) is 15.0. The molecule has 0 aliphatic heterocycles. The van der Waals surface area contributed by atoms with Crippen molar-refractivity contribution in [3.05, 3.63) is 71.6 Å². The first-order valence-electron chi connectivity index (χ1n) is 8.02. The number of hydrogen-bond donors (Lipinski definition) is 0. The first kappa shape index (κ1) is 17.4. The largest absolute Gasteiger partial charge is 0.334 e. The average Bonchev–Trinajstić information content (AvgIpc) is 2.64. The number of likely N-dealkylation sites (N-methyl/N-ethyl adjacent to an activating group) is 1. The highest BCUT2D eigenvalue weighted by Gasteiger charge is 2.20. The topological polar surface area (TPSA) is 57.0 Å². The van der Waals surface area contributed by atoms with E-state index in [-0.39, 0.29) is 11.9 Å². The summed E-state index contributed by atoms with van der Waals surface area (Å²) in [6.07, 6.45) is 6.76. The van der Waals surface area contributed by atoms with Crippen molar-refractivity contribution in [2.75, 3.05) is 7.05 Å². The monoisotopic (exact) mass is 319 g/mol. The second-order valence-corrected chi connectivity index (χ2v) is 5.54. The molecule has 1 amide bonds. The molecular formula is C20H21N3O. The van der Waals surface area contributed by atoms with Gasteiger partial charge in [0.25, 0.3) is 0 Å². The molecule has 0 N–H and O–H groups in total. The molecule has 0 saturated heterocycles. The van der Waals surface area contributed by atoms with Crippen LogP contribution in [0.3, 0.4) is 0 Å². The zero-order valence-corrected chi connectivity index (χ0v) is 14.0. The van der Waals surface area contributed by atoms with Crippen LogP contribution in [-0.4, -0.2) is 22.8 Å².